The number of carbonyl (C=O) groups excluding carboxylic acids is 2. The van der Waals surface area contributed by atoms with Gasteiger partial charge in [0.1, 0.15) is 11.5 Å². The zero-order valence-corrected chi connectivity index (χ0v) is 27.9. The molecule has 1 N–H and O–H groups in total. The molecule has 0 saturated carbocycles. The number of hydrogen-bond donors (Lipinski definition) is 1. The zero-order valence-electron chi connectivity index (χ0n) is 26.4. The van der Waals surface area contributed by atoms with Crippen molar-refractivity contribution in [1.29, 1.82) is 0 Å². The molecule has 5 rings (SSSR count). The monoisotopic (exact) mass is 645 g/mol. The van der Waals surface area contributed by atoms with Gasteiger partial charge < -0.3 is 14.8 Å². The maximum absolute atomic E-state index is 13.9. The van der Waals surface area contributed by atoms with Crippen LogP contribution in [0.4, 0.5) is 0 Å². The lowest BCUT2D eigenvalue weighted by molar-refractivity contribution is -0.121. The number of carbonyl (C=O) groups is 2. The molecular formula is C36H37Cl2N3O4. The van der Waals surface area contributed by atoms with Gasteiger partial charge in [-0.3, -0.25) is 14.3 Å². The van der Waals surface area contributed by atoms with E-state index >= 15 is 0 Å². The number of fused-ring (bicyclic) bond motifs is 1. The average molecular weight is 647 g/mol. The van der Waals surface area contributed by atoms with Gasteiger partial charge in [-0.25, -0.2) is 0 Å². The maximum Gasteiger partial charge on any atom is 0.298 e. The lowest BCUT2D eigenvalue weighted by atomic mass is 9.93. The van der Waals surface area contributed by atoms with Crippen LogP contribution in [0.5, 0.6) is 11.5 Å². The number of aryl methyl sites for hydroxylation is 5. The number of halogens is 2. The van der Waals surface area contributed by atoms with Crippen molar-refractivity contribution in [3.05, 3.63) is 103 Å². The van der Waals surface area contributed by atoms with Crippen LogP contribution in [-0.4, -0.2) is 28.8 Å². The number of rotatable bonds is 11. The third-order valence-electron chi connectivity index (χ3n) is 8.34. The summed E-state index contributed by atoms with van der Waals surface area (Å²) in [5, 5.41) is 9.12. The molecule has 1 aromatic heterocycles. The predicted octanol–water partition coefficient (Wildman–Crippen LogP) is 7.96. The number of hydrogen-bond acceptors (Lipinski definition) is 5. The summed E-state index contributed by atoms with van der Waals surface area (Å²) in [6, 6.07) is 13.3. The summed E-state index contributed by atoms with van der Waals surface area (Å²) in [4.78, 5) is 24.8. The molecule has 0 spiro atoms. The summed E-state index contributed by atoms with van der Waals surface area (Å²) >= 11 is 13.2. The van der Waals surface area contributed by atoms with Gasteiger partial charge in [-0.15, -0.1) is 0 Å². The minimum Gasteiger partial charge on any atom is -0.494 e. The van der Waals surface area contributed by atoms with Gasteiger partial charge in [0, 0.05) is 52.5 Å². The Hall–Kier alpha value is -4.07. The highest BCUT2D eigenvalue weighted by Crippen LogP contribution is 2.45. The summed E-state index contributed by atoms with van der Waals surface area (Å²) in [7, 11) is 1.92. The first-order chi connectivity index (χ1) is 21.5. The van der Waals surface area contributed by atoms with Crippen LogP contribution < -0.4 is 14.8 Å². The molecule has 4 aromatic rings. The minimum absolute atomic E-state index is 0.146. The van der Waals surface area contributed by atoms with Crippen LogP contribution in [-0.2, 0) is 29.6 Å². The van der Waals surface area contributed by atoms with E-state index in [1.165, 1.54) is 0 Å². The molecule has 7 nitrogen and oxygen atoms in total. The van der Waals surface area contributed by atoms with Gasteiger partial charge in [-0.1, -0.05) is 35.3 Å². The third kappa shape index (κ3) is 6.80. The van der Waals surface area contributed by atoms with E-state index in [-0.39, 0.29) is 12.5 Å². The number of allylic oxidation sites excluding steroid dienone is 1. The van der Waals surface area contributed by atoms with Crippen LogP contribution in [0.2, 0.25) is 10.0 Å². The van der Waals surface area contributed by atoms with Crippen molar-refractivity contribution in [3.8, 4) is 22.6 Å². The fourth-order valence-corrected chi connectivity index (χ4v) is 6.59. The second-order valence-electron chi connectivity index (χ2n) is 11.6. The Balaban J connectivity index is 1.44. The average Bonchev–Trinajstić information content (AvgIpc) is 3.48. The van der Waals surface area contributed by atoms with Crippen molar-refractivity contribution in [2.75, 3.05) is 6.61 Å². The summed E-state index contributed by atoms with van der Waals surface area (Å²) < 4.78 is 13.0. The molecule has 3 aromatic carbocycles. The van der Waals surface area contributed by atoms with Crippen molar-refractivity contribution >= 4 is 41.2 Å². The molecule has 0 aliphatic heterocycles. The molecular weight excluding hydrogens is 609 g/mol. The zero-order chi connectivity index (χ0) is 32.4. The van der Waals surface area contributed by atoms with E-state index in [1.54, 1.807) is 12.1 Å². The van der Waals surface area contributed by atoms with Gasteiger partial charge >= 0.3 is 0 Å². The second-order valence-corrected chi connectivity index (χ2v) is 12.4. The Bertz CT molecular complexity index is 1820. The van der Waals surface area contributed by atoms with E-state index in [0.717, 1.165) is 72.2 Å². The maximum atomic E-state index is 13.9. The topological polar surface area (TPSA) is 82.4 Å². The predicted molar refractivity (Wildman–Crippen MR) is 179 cm³/mol. The van der Waals surface area contributed by atoms with Crippen molar-refractivity contribution in [2.24, 2.45) is 7.05 Å². The van der Waals surface area contributed by atoms with Gasteiger partial charge in [0.15, 0.2) is 0 Å². The van der Waals surface area contributed by atoms with Gasteiger partial charge in [0.25, 0.3) is 6.47 Å². The standard InChI is InChI=1S/C36H37Cl2N3O4/c1-20-12-25(16-26(13-20)45-19-42)18-39-36(43)31-17-30-29(9-10-32(37)34(30)33-23(4)40-41(6)24(33)5)28(31)8-7-11-44-27-14-21(2)35(38)22(3)15-27/h9-10,12-16,19H,7-8,11,17-18H2,1-6H3,(H,39,43). The highest BCUT2D eigenvalue weighted by Gasteiger charge is 2.31. The van der Waals surface area contributed by atoms with Crippen LogP contribution in [0.3, 0.4) is 0 Å². The summed E-state index contributed by atoms with van der Waals surface area (Å²) in [5.41, 5.74) is 11.3. The first-order valence-corrected chi connectivity index (χ1v) is 15.7. The Morgan fingerprint density at radius 2 is 1.73 bits per heavy atom. The third-order valence-corrected chi connectivity index (χ3v) is 9.25. The molecule has 0 radical (unpaired) electrons. The van der Waals surface area contributed by atoms with E-state index in [1.807, 2.05) is 76.7 Å². The lowest BCUT2D eigenvalue weighted by Crippen LogP contribution is -2.25. The lowest BCUT2D eigenvalue weighted by Gasteiger charge is -2.14. The van der Waals surface area contributed by atoms with Crippen LogP contribution >= 0.6 is 23.2 Å². The molecule has 45 heavy (non-hydrogen) atoms. The fraction of sp³-hybridized carbons (Fsp3) is 0.306. The van der Waals surface area contributed by atoms with Crippen LogP contribution in [0, 0.1) is 34.6 Å². The number of ether oxygens (including phenoxy) is 2. The highest BCUT2D eigenvalue weighted by atomic mass is 35.5. The molecule has 1 amide bonds. The van der Waals surface area contributed by atoms with Crippen molar-refractivity contribution in [2.45, 2.75) is 60.4 Å². The van der Waals surface area contributed by atoms with Gasteiger partial charge in [0.05, 0.1) is 12.3 Å². The smallest absolute Gasteiger partial charge is 0.298 e. The van der Waals surface area contributed by atoms with Crippen molar-refractivity contribution < 1.29 is 19.1 Å². The molecule has 1 aliphatic rings. The number of nitrogens with zero attached hydrogens (tertiary/aromatic N) is 2. The summed E-state index contributed by atoms with van der Waals surface area (Å²) in [6.07, 6.45) is 1.80. The van der Waals surface area contributed by atoms with Crippen LogP contribution in [0.25, 0.3) is 16.7 Å². The van der Waals surface area contributed by atoms with E-state index < -0.39 is 0 Å². The Kier molecular flexibility index (Phi) is 9.70. The number of aromatic nitrogens is 2. The Morgan fingerprint density at radius 1 is 1.00 bits per heavy atom. The number of amides is 1. The van der Waals surface area contributed by atoms with Gasteiger partial charge in [-0.05, 0) is 117 Å². The summed E-state index contributed by atoms with van der Waals surface area (Å²) in [6.45, 7) is 11.0. The molecule has 1 aliphatic carbocycles. The van der Waals surface area contributed by atoms with Gasteiger partial charge in [-0.2, -0.15) is 5.10 Å². The van der Waals surface area contributed by atoms with Crippen LogP contribution in [0.1, 0.15) is 57.6 Å². The van der Waals surface area contributed by atoms with Crippen molar-refractivity contribution in [1.82, 2.24) is 15.1 Å². The van der Waals surface area contributed by atoms with Crippen molar-refractivity contribution in [3.63, 3.8) is 0 Å². The molecule has 0 fully saturated rings. The highest BCUT2D eigenvalue weighted by molar-refractivity contribution is 6.34. The second kappa shape index (κ2) is 13.5. The molecule has 1 heterocycles. The normalized spacial score (nSPS) is 12.4. The molecule has 9 heteroatoms. The molecule has 0 unspecified atom stereocenters. The fourth-order valence-electron chi connectivity index (χ4n) is 6.21. The minimum atomic E-state index is -0.146. The largest absolute Gasteiger partial charge is 0.494 e. The molecule has 0 bridgehead atoms. The Labute approximate surface area is 274 Å². The summed E-state index contributed by atoms with van der Waals surface area (Å²) in [5.74, 6) is 1.07. The van der Waals surface area contributed by atoms with Crippen LogP contribution in [0.15, 0.2) is 48.0 Å². The first-order valence-electron chi connectivity index (χ1n) is 14.9. The van der Waals surface area contributed by atoms with E-state index in [2.05, 4.69) is 10.4 Å². The quantitative estimate of drug-likeness (QED) is 0.132. The first kappa shape index (κ1) is 32.3. The van der Waals surface area contributed by atoms with Gasteiger partial charge in [0.2, 0.25) is 5.91 Å². The molecule has 0 saturated heterocycles. The molecule has 0 atom stereocenters. The number of nitrogens with one attached hydrogen (secondary N) is 1. The van der Waals surface area contributed by atoms with E-state index in [4.69, 9.17) is 32.7 Å². The Morgan fingerprint density at radius 3 is 2.40 bits per heavy atom. The van der Waals surface area contributed by atoms with E-state index in [0.29, 0.717) is 48.7 Å². The van der Waals surface area contributed by atoms with E-state index in [9.17, 15) is 9.59 Å². The number of benzene rings is 3. The molecule has 234 valence electrons. The SMILES string of the molecule is Cc1cc(CNC(=O)C2=C(CCCOc3cc(C)c(Cl)c(C)c3)c3ccc(Cl)c(-c4c(C)nn(C)c4C)c3C2)cc(OC=O)c1.